The number of carbonyl (C=O) groups excluding carboxylic acids is 2. The summed E-state index contributed by atoms with van der Waals surface area (Å²) in [5.41, 5.74) is 1.45. The fraction of sp³-hybridized carbons (Fsp3) is 0.478. The molecule has 1 aliphatic rings. The van der Waals surface area contributed by atoms with Crippen LogP contribution in [0.3, 0.4) is 0 Å². The fourth-order valence-electron chi connectivity index (χ4n) is 3.61. The summed E-state index contributed by atoms with van der Waals surface area (Å²) in [5, 5.41) is 2.77. The van der Waals surface area contributed by atoms with Crippen LogP contribution in [0.4, 0.5) is 5.82 Å². The minimum atomic E-state index is -0.214. The number of aryl methyl sites for hydroxylation is 2. The van der Waals surface area contributed by atoms with Crippen LogP contribution in [0.5, 0.6) is 11.5 Å². The summed E-state index contributed by atoms with van der Waals surface area (Å²) in [7, 11) is 1.51. The quantitative estimate of drug-likeness (QED) is 0.702. The van der Waals surface area contributed by atoms with Crippen molar-refractivity contribution in [3.8, 4) is 11.5 Å². The molecule has 0 saturated carbocycles. The number of rotatable bonds is 7. The lowest BCUT2D eigenvalue weighted by molar-refractivity contribution is -0.123. The molecule has 0 atom stereocenters. The molecule has 0 aliphatic carbocycles. The molecule has 3 rings (SSSR count). The molecule has 32 heavy (non-hydrogen) atoms. The second-order valence-corrected chi connectivity index (χ2v) is 8.07. The number of hydrogen-bond acceptors (Lipinski definition) is 7. The van der Waals surface area contributed by atoms with Gasteiger partial charge in [-0.25, -0.2) is 9.97 Å². The molecule has 9 nitrogen and oxygen atoms in total. The van der Waals surface area contributed by atoms with E-state index in [1.54, 1.807) is 18.2 Å². The molecule has 1 fully saturated rings. The van der Waals surface area contributed by atoms with Crippen LogP contribution in [0.2, 0.25) is 0 Å². The molecule has 0 bridgehead atoms. The van der Waals surface area contributed by atoms with Crippen LogP contribution in [-0.2, 0) is 4.79 Å². The van der Waals surface area contributed by atoms with Gasteiger partial charge in [0.2, 0.25) is 0 Å². The lowest BCUT2D eigenvalue weighted by Crippen LogP contribution is -2.49. The molecule has 2 heterocycles. The Morgan fingerprint density at radius 1 is 1.06 bits per heavy atom. The zero-order chi connectivity index (χ0) is 23.3. The van der Waals surface area contributed by atoms with Gasteiger partial charge in [0.1, 0.15) is 11.6 Å². The van der Waals surface area contributed by atoms with Gasteiger partial charge in [0, 0.05) is 49.5 Å². The second kappa shape index (κ2) is 10.3. The Morgan fingerprint density at radius 3 is 2.41 bits per heavy atom. The molecule has 2 aromatic rings. The number of ether oxygens (including phenoxy) is 2. The summed E-state index contributed by atoms with van der Waals surface area (Å²) < 4.78 is 11.0. The Bertz CT molecular complexity index is 951. The third-order valence-corrected chi connectivity index (χ3v) is 5.06. The highest BCUT2D eigenvalue weighted by Gasteiger charge is 2.24. The van der Waals surface area contributed by atoms with Crippen molar-refractivity contribution in [3.63, 3.8) is 0 Å². The van der Waals surface area contributed by atoms with E-state index >= 15 is 0 Å². The van der Waals surface area contributed by atoms with Crippen LogP contribution in [0, 0.1) is 13.8 Å². The Labute approximate surface area is 188 Å². The van der Waals surface area contributed by atoms with E-state index < -0.39 is 0 Å². The minimum Gasteiger partial charge on any atom is -0.493 e. The van der Waals surface area contributed by atoms with Gasteiger partial charge >= 0.3 is 0 Å². The Kier molecular flexibility index (Phi) is 7.50. The van der Waals surface area contributed by atoms with Crippen LogP contribution >= 0.6 is 0 Å². The Morgan fingerprint density at radius 2 is 1.78 bits per heavy atom. The van der Waals surface area contributed by atoms with Crippen LogP contribution < -0.4 is 19.7 Å². The highest BCUT2D eigenvalue weighted by molar-refractivity contribution is 5.95. The number of amides is 2. The van der Waals surface area contributed by atoms with Gasteiger partial charge in [-0.2, -0.15) is 0 Å². The lowest BCUT2D eigenvalue weighted by Gasteiger charge is -2.35. The average Bonchev–Trinajstić information content (AvgIpc) is 2.76. The summed E-state index contributed by atoms with van der Waals surface area (Å²) >= 11 is 0. The van der Waals surface area contributed by atoms with Crippen LogP contribution in [0.25, 0.3) is 0 Å². The van der Waals surface area contributed by atoms with Gasteiger partial charge in [-0.05, 0) is 45.9 Å². The van der Waals surface area contributed by atoms with E-state index in [1.165, 1.54) is 7.11 Å². The third kappa shape index (κ3) is 5.87. The van der Waals surface area contributed by atoms with Crippen LogP contribution in [0.1, 0.15) is 35.7 Å². The van der Waals surface area contributed by atoms with Gasteiger partial charge in [0.05, 0.1) is 7.11 Å². The van der Waals surface area contributed by atoms with Crippen molar-refractivity contribution in [3.05, 3.63) is 41.3 Å². The summed E-state index contributed by atoms with van der Waals surface area (Å²) in [6.07, 6.45) is 0. The second-order valence-electron chi connectivity index (χ2n) is 8.07. The summed E-state index contributed by atoms with van der Waals surface area (Å²) in [4.78, 5) is 37.7. The van der Waals surface area contributed by atoms with Crippen molar-refractivity contribution in [1.29, 1.82) is 0 Å². The molecule has 1 saturated heterocycles. The molecule has 172 valence electrons. The number of aromatic nitrogens is 2. The molecule has 0 radical (unpaired) electrons. The zero-order valence-electron chi connectivity index (χ0n) is 19.3. The zero-order valence-corrected chi connectivity index (χ0v) is 19.3. The van der Waals surface area contributed by atoms with E-state index in [-0.39, 0.29) is 24.5 Å². The lowest BCUT2D eigenvalue weighted by atomic mass is 10.1. The van der Waals surface area contributed by atoms with Crippen molar-refractivity contribution < 1.29 is 19.1 Å². The third-order valence-electron chi connectivity index (χ3n) is 5.06. The summed E-state index contributed by atoms with van der Waals surface area (Å²) in [5.74, 6) is 2.19. The van der Waals surface area contributed by atoms with Crippen molar-refractivity contribution in [2.45, 2.75) is 33.7 Å². The number of anilines is 1. The van der Waals surface area contributed by atoms with Gasteiger partial charge in [-0.1, -0.05) is 0 Å². The number of nitrogens with zero attached hydrogens (tertiary/aromatic N) is 4. The minimum absolute atomic E-state index is 0.0378. The SMILES string of the molecule is COc1cc(C(=O)N2CCN(c3cc(C)nc(C)n3)CC2)ccc1OCC(=O)NC(C)C. The monoisotopic (exact) mass is 441 g/mol. The van der Waals surface area contributed by atoms with Gasteiger partial charge in [-0.3, -0.25) is 9.59 Å². The van der Waals surface area contributed by atoms with E-state index in [4.69, 9.17) is 9.47 Å². The molecule has 0 unspecified atom stereocenters. The van der Waals surface area contributed by atoms with E-state index in [9.17, 15) is 9.59 Å². The molecular weight excluding hydrogens is 410 g/mol. The summed E-state index contributed by atoms with van der Waals surface area (Å²) in [6.45, 7) is 10.1. The first-order valence-corrected chi connectivity index (χ1v) is 10.7. The normalized spacial score (nSPS) is 13.8. The standard InChI is InChI=1S/C23H31N5O4/c1-15(2)24-22(29)14-32-19-7-6-18(13-20(19)31-5)23(30)28-10-8-27(9-11-28)21-12-16(3)25-17(4)26-21/h6-7,12-13,15H,8-11,14H2,1-5H3,(H,24,29). The van der Waals surface area contributed by atoms with E-state index in [2.05, 4.69) is 20.2 Å². The molecule has 1 aromatic heterocycles. The van der Waals surface area contributed by atoms with Crippen molar-refractivity contribution in [2.24, 2.45) is 0 Å². The first kappa shape index (κ1) is 23.3. The predicted molar refractivity (Wildman–Crippen MR) is 121 cm³/mol. The molecule has 9 heteroatoms. The number of methoxy groups -OCH3 is 1. The van der Waals surface area contributed by atoms with Gasteiger partial charge in [0.25, 0.3) is 11.8 Å². The highest BCUT2D eigenvalue weighted by Crippen LogP contribution is 2.29. The number of piperazine rings is 1. The first-order chi connectivity index (χ1) is 15.3. The molecular formula is C23H31N5O4. The molecule has 2 amide bonds. The van der Waals surface area contributed by atoms with Crippen molar-refractivity contribution >= 4 is 17.6 Å². The van der Waals surface area contributed by atoms with E-state index in [1.807, 2.05) is 38.7 Å². The topological polar surface area (TPSA) is 96.9 Å². The maximum absolute atomic E-state index is 13.0. The van der Waals surface area contributed by atoms with Crippen molar-refractivity contribution in [1.82, 2.24) is 20.2 Å². The van der Waals surface area contributed by atoms with E-state index in [0.29, 0.717) is 43.2 Å². The molecule has 0 spiro atoms. The van der Waals surface area contributed by atoms with Crippen molar-refractivity contribution in [2.75, 3.05) is 44.8 Å². The largest absolute Gasteiger partial charge is 0.493 e. The van der Waals surface area contributed by atoms with Crippen LogP contribution in [0.15, 0.2) is 24.3 Å². The molecule has 1 N–H and O–H groups in total. The number of hydrogen-bond donors (Lipinski definition) is 1. The molecule has 1 aromatic carbocycles. The van der Waals surface area contributed by atoms with E-state index in [0.717, 1.165) is 17.3 Å². The summed E-state index contributed by atoms with van der Waals surface area (Å²) in [6, 6.07) is 7.02. The number of carbonyl (C=O) groups is 2. The maximum Gasteiger partial charge on any atom is 0.258 e. The number of nitrogens with one attached hydrogen (secondary N) is 1. The predicted octanol–water partition coefficient (Wildman–Crippen LogP) is 1.97. The van der Waals surface area contributed by atoms with Crippen LogP contribution in [-0.4, -0.2) is 72.6 Å². The molecule has 1 aliphatic heterocycles. The van der Waals surface area contributed by atoms with Gasteiger partial charge in [0.15, 0.2) is 18.1 Å². The highest BCUT2D eigenvalue weighted by atomic mass is 16.5. The maximum atomic E-state index is 13.0. The fourth-order valence-corrected chi connectivity index (χ4v) is 3.61. The Balaban J connectivity index is 1.62. The first-order valence-electron chi connectivity index (χ1n) is 10.7. The Hall–Kier alpha value is -3.36. The van der Waals surface area contributed by atoms with Gasteiger partial charge < -0.3 is 24.6 Å². The number of benzene rings is 1. The van der Waals surface area contributed by atoms with Gasteiger partial charge in [-0.15, -0.1) is 0 Å². The average molecular weight is 442 g/mol. The smallest absolute Gasteiger partial charge is 0.258 e.